The van der Waals surface area contributed by atoms with E-state index >= 15 is 0 Å². The number of aryl methyl sites for hydroxylation is 1. The number of benzene rings is 1. The molecule has 2 unspecified atom stereocenters. The normalized spacial score (nSPS) is 20.0. The molecule has 0 aliphatic carbocycles. The predicted octanol–water partition coefficient (Wildman–Crippen LogP) is 2.24. The van der Waals surface area contributed by atoms with Crippen molar-refractivity contribution in [1.29, 1.82) is 0 Å². The van der Waals surface area contributed by atoms with Gasteiger partial charge in [0.1, 0.15) is 11.9 Å². The van der Waals surface area contributed by atoms with E-state index in [0.29, 0.717) is 18.9 Å². The Morgan fingerprint density at radius 3 is 2.81 bits per heavy atom. The van der Waals surface area contributed by atoms with Gasteiger partial charge in [-0.1, -0.05) is 25.1 Å². The summed E-state index contributed by atoms with van der Waals surface area (Å²) in [6, 6.07) is 7.71. The third-order valence-electron chi connectivity index (χ3n) is 4.24. The highest BCUT2D eigenvalue weighted by Crippen LogP contribution is 2.29. The molecule has 8 nitrogen and oxygen atoms in total. The molecule has 1 aromatic heterocycles. The van der Waals surface area contributed by atoms with Gasteiger partial charge in [0.05, 0.1) is 12.9 Å². The third-order valence-corrected chi connectivity index (χ3v) is 5.51. The third kappa shape index (κ3) is 4.22. The van der Waals surface area contributed by atoms with Crippen LogP contribution in [-0.2, 0) is 14.8 Å². The Morgan fingerprint density at radius 1 is 1.35 bits per heavy atom. The van der Waals surface area contributed by atoms with E-state index in [2.05, 4.69) is 10.2 Å². The van der Waals surface area contributed by atoms with Gasteiger partial charge in [0.15, 0.2) is 6.10 Å². The van der Waals surface area contributed by atoms with E-state index in [0.717, 1.165) is 11.3 Å². The smallest absolute Gasteiger partial charge is 0.257 e. The summed E-state index contributed by atoms with van der Waals surface area (Å²) >= 11 is 0. The molecule has 0 bridgehead atoms. The van der Waals surface area contributed by atoms with Crippen LogP contribution in [0.25, 0.3) is 0 Å². The Kier molecular flexibility index (Phi) is 5.59. The first-order chi connectivity index (χ1) is 12.4. The van der Waals surface area contributed by atoms with E-state index in [9.17, 15) is 8.42 Å². The summed E-state index contributed by atoms with van der Waals surface area (Å²) in [6.07, 6.45) is 0.872. The Hall–Kier alpha value is -1.97. The topological polar surface area (TPSA) is 94.8 Å². The van der Waals surface area contributed by atoms with Gasteiger partial charge in [0, 0.05) is 13.1 Å². The molecule has 9 heteroatoms. The molecule has 142 valence electrons. The average Bonchev–Trinajstić information content (AvgIpc) is 3.10. The van der Waals surface area contributed by atoms with Crippen molar-refractivity contribution in [3.8, 4) is 5.75 Å². The summed E-state index contributed by atoms with van der Waals surface area (Å²) in [5.41, 5.74) is 1.02. The van der Waals surface area contributed by atoms with Crippen LogP contribution < -0.4 is 4.74 Å². The molecular weight excluding hydrogens is 358 g/mol. The van der Waals surface area contributed by atoms with Crippen molar-refractivity contribution in [1.82, 2.24) is 14.5 Å². The molecule has 2 atom stereocenters. The maximum Gasteiger partial charge on any atom is 0.257 e. The van der Waals surface area contributed by atoms with E-state index in [1.807, 2.05) is 38.1 Å². The van der Waals surface area contributed by atoms with E-state index in [-0.39, 0.29) is 25.1 Å². The van der Waals surface area contributed by atoms with Gasteiger partial charge in [-0.15, -0.1) is 10.2 Å². The molecular formula is C17H23N3O5S. The first kappa shape index (κ1) is 18.8. The van der Waals surface area contributed by atoms with Crippen molar-refractivity contribution in [2.45, 2.75) is 32.5 Å². The molecule has 2 aromatic rings. The second-order valence-corrected chi connectivity index (χ2v) is 8.22. The molecule has 0 spiro atoms. The zero-order valence-electron chi connectivity index (χ0n) is 15.1. The number of ether oxygens (including phenoxy) is 2. The Morgan fingerprint density at radius 2 is 2.12 bits per heavy atom. The molecule has 2 heterocycles. The zero-order valence-corrected chi connectivity index (χ0v) is 15.9. The molecule has 1 aliphatic rings. The van der Waals surface area contributed by atoms with Crippen LogP contribution in [0, 0.1) is 6.92 Å². The number of hydrogen-bond donors (Lipinski definition) is 0. The number of morpholine rings is 1. The first-order valence-corrected chi connectivity index (χ1v) is 10.4. The summed E-state index contributed by atoms with van der Waals surface area (Å²) in [6.45, 7) is 4.71. The van der Waals surface area contributed by atoms with E-state index < -0.39 is 16.1 Å². The van der Waals surface area contributed by atoms with Gasteiger partial charge in [-0.25, -0.2) is 8.42 Å². The molecule has 3 rings (SSSR count). The predicted molar refractivity (Wildman–Crippen MR) is 94.2 cm³/mol. The molecule has 0 saturated carbocycles. The maximum atomic E-state index is 11.7. The van der Waals surface area contributed by atoms with Crippen molar-refractivity contribution in [2.75, 3.05) is 26.0 Å². The van der Waals surface area contributed by atoms with Gasteiger partial charge in [-0.3, -0.25) is 0 Å². The molecule has 26 heavy (non-hydrogen) atoms. The molecule has 0 N–H and O–H groups in total. The minimum atomic E-state index is -3.29. The van der Waals surface area contributed by atoms with Crippen molar-refractivity contribution in [2.24, 2.45) is 0 Å². The van der Waals surface area contributed by atoms with E-state index in [1.54, 1.807) is 0 Å². The van der Waals surface area contributed by atoms with Crippen molar-refractivity contribution in [3.05, 3.63) is 41.6 Å². The Labute approximate surface area is 153 Å². The van der Waals surface area contributed by atoms with E-state index in [1.165, 1.54) is 10.6 Å². The zero-order chi connectivity index (χ0) is 18.7. The van der Waals surface area contributed by atoms with Crippen molar-refractivity contribution < 1.29 is 22.3 Å². The number of sulfonamides is 1. The van der Waals surface area contributed by atoms with Crippen LogP contribution in [0.1, 0.15) is 42.9 Å². The Bertz CT molecular complexity index is 852. The van der Waals surface area contributed by atoms with Crippen LogP contribution in [0.2, 0.25) is 0 Å². The fourth-order valence-corrected chi connectivity index (χ4v) is 3.55. The fraction of sp³-hybridized carbons (Fsp3) is 0.529. The highest BCUT2D eigenvalue weighted by atomic mass is 32.2. The van der Waals surface area contributed by atoms with Crippen LogP contribution >= 0.6 is 0 Å². The second kappa shape index (κ2) is 7.73. The van der Waals surface area contributed by atoms with Crippen molar-refractivity contribution in [3.63, 3.8) is 0 Å². The highest BCUT2D eigenvalue weighted by molar-refractivity contribution is 7.88. The summed E-state index contributed by atoms with van der Waals surface area (Å²) in [5.74, 6) is 1.38. The van der Waals surface area contributed by atoms with Crippen molar-refractivity contribution >= 4 is 10.0 Å². The number of hydrogen-bond acceptors (Lipinski definition) is 7. The molecule has 1 aliphatic heterocycles. The number of rotatable bonds is 6. The minimum Gasteiger partial charge on any atom is -0.480 e. The minimum absolute atomic E-state index is 0.163. The van der Waals surface area contributed by atoms with Crippen LogP contribution in [0.4, 0.5) is 0 Å². The fourth-order valence-electron chi connectivity index (χ4n) is 2.73. The Balaban J connectivity index is 1.74. The highest BCUT2D eigenvalue weighted by Gasteiger charge is 2.32. The van der Waals surface area contributed by atoms with Gasteiger partial charge in [0.2, 0.25) is 15.9 Å². The van der Waals surface area contributed by atoms with Crippen LogP contribution in [0.5, 0.6) is 5.75 Å². The summed E-state index contributed by atoms with van der Waals surface area (Å²) in [4.78, 5) is 0. The molecule has 0 radical (unpaired) electrons. The van der Waals surface area contributed by atoms with Gasteiger partial charge in [-0.2, -0.15) is 4.31 Å². The maximum absolute atomic E-state index is 11.7. The van der Waals surface area contributed by atoms with Crippen LogP contribution in [0.3, 0.4) is 0 Å². The lowest BCUT2D eigenvalue weighted by molar-refractivity contribution is -0.0186. The lowest BCUT2D eigenvalue weighted by Gasteiger charge is -2.29. The van der Waals surface area contributed by atoms with Gasteiger partial charge < -0.3 is 13.9 Å². The van der Waals surface area contributed by atoms with Gasteiger partial charge in [0.25, 0.3) is 5.89 Å². The lowest BCUT2D eigenvalue weighted by Crippen LogP contribution is -2.41. The number of nitrogens with zero attached hydrogens (tertiary/aromatic N) is 3. The monoisotopic (exact) mass is 381 g/mol. The van der Waals surface area contributed by atoms with E-state index in [4.69, 9.17) is 13.9 Å². The van der Waals surface area contributed by atoms with Gasteiger partial charge in [-0.05, 0) is 25.0 Å². The van der Waals surface area contributed by atoms with Crippen LogP contribution in [0.15, 0.2) is 28.7 Å². The lowest BCUT2D eigenvalue weighted by atomic mass is 10.2. The first-order valence-electron chi connectivity index (χ1n) is 8.50. The second-order valence-electron chi connectivity index (χ2n) is 6.24. The largest absolute Gasteiger partial charge is 0.480 e. The molecule has 0 amide bonds. The standard InChI is InChI=1S/C17H23N3O5S/c1-4-13(24-14-8-6-5-7-12(14)2)16-18-19-17(25-16)15-11-20(9-10-23-15)26(3,21)22/h5-8,13,15H,4,9-11H2,1-3H3. The molecule has 1 fully saturated rings. The quantitative estimate of drug-likeness (QED) is 0.757. The van der Waals surface area contributed by atoms with Gasteiger partial charge >= 0.3 is 0 Å². The summed E-state index contributed by atoms with van der Waals surface area (Å²) < 4.78 is 42.2. The summed E-state index contributed by atoms with van der Waals surface area (Å²) in [7, 11) is -3.29. The SMILES string of the molecule is CCC(Oc1ccccc1C)c1nnc(C2CN(S(C)(=O)=O)CCO2)o1. The summed E-state index contributed by atoms with van der Waals surface area (Å²) in [5, 5.41) is 8.13. The van der Waals surface area contributed by atoms with Crippen LogP contribution in [-0.4, -0.2) is 48.9 Å². The molecule has 1 aromatic carbocycles. The average molecular weight is 381 g/mol. The number of aromatic nitrogens is 2. The number of para-hydroxylation sites is 1. The molecule has 1 saturated heterocycles.